The maximum Gasteiger partial charge on any atom is 0.416 e. The lowest BCUT2D eigenvalue weighted by atomic mass is 10.1. The third kappa shape index (κ3) is 4.07. The van der Waals surface area contributed by atoms with Gasteiger partial charge in [-0.25, -0.2) is 4.39 Å². The Morgan fingerprint density at radius 3 is 2.27 bits per heavy atom. The van der Waals surface area contributed by atoms with E-state index in [2.05, 4.69) is 5.32 Å². The molecule has 0 spiro atoms. The van der Waals surface area contributed by atoms with E-state index in [0.29, 0.717) is 16.8 Å². The maximum atomic E-state index is 13.0. The minimum absolute atomic E-state index is 0.0606. The molecule has 0 fully saturated rings. The minimum atomic E-state index is -4.40. The van der Waals surface area contributed by atoms with Crippen LogP contribution in [0, 0.1) is 12.7 Å². The Morgan fingerprint density at radius 2 is 1.73 bits per heavy atom. The van der Waals surface area contributed by atoms with Crippen molar-refractivity contribution in [1.82, 2.24) is 0 Å². The van der Waals surface area contributed by atoms with Gasteiger partial charge in [0.2, 0.25) is 5.91 Å². The summed E-state index contributed by atoms with van der Waals surface area (Å²) in [7, 11) is 0. The maximum absolute atomic E-state index is 13.0. The molecule has 0 aromatic heterocycles. The first-order valence-electron chi connectivity index (χ1n) is 6.48. The van der Waals surface area contributed by atoms with E-state index in [-0.39, 0.29) is 12.3 Å². The van der Waals surface area contributed by atoms with Crippen molar-refractivity contribution >= 4 is 11.6 Å². The molecule has 0 unspecified atom stereocenters. The van der Waals surface area contributed by atoms with E-state index < -0.39 is 17.6 Å². The standard InChI is InChI=1S/C16H13F4NO/c1-10-8-13(17)6-7-14(10)21-15(22)9-11-2-4-12(5-3-11)16(18,19)20/h2-8H,9H2,1H3,(H,21,22). The quantitative estimate of drug-likeness (QED) is 0.840. The fourth-order valence-corrected chi connectivity index (χ4v) is 1.96. The number of carbonyl (C=O) groups is 1. The Bertz CT molecular complexity index is 678. The molecule has 1 N–H and O–H groups in total. The molecular formula is C16H13F4NO. The molecule has 0 atom stereocenters. The number of rotatable bonds is 3. The van der Waals surface area contributed by atoms with Crippen LogP contribution in [0.2, 0.25) is 0 Å². The summed E-state index contributed by atoms with van der Waals surface area (Å²) in [6, 6.07) is 8.35. The third-order valence-corrected chi connectivity index (χ3v) is 3.11. The highest BCUT2D eigenvalue weighted by Gasteiger charge is 2.29. The number of halogens is 4. The summed E-state index contributed by atoms with van der Waals surface area (Å²) in [6.07, 6.45) is -4.46. The van der Waals surface area contributed by atoms with E-state index in [1.54, 1.807) is 6.92 Å². The number of hydrogen-bond donors (Lipinski definition) is 1. The molecule has 0 saturated heterocycles. The number of anilines is 1. The minimum Gasteiger partial charge on any atom is -0.326 e. The van der Waals surface area contributed by atoms with Crippen molar-refractivity contribution in [1.29, 1.82) is 0 Å². The number of benzene rings is 2. The lowest BCUT2D eigenvalue weighted by Crippen LogP contribution is -2.15. The van der Waals surface area contributed by atoms with Crippen molar-refractivity contribution in [3.63, 3.8) is 0 Å². The van der Waals surface area contributed by atoms with Crippen LogP contribution in [0.5, 0.6) is 0 Å². The van der Waals surface area contributed by atoms with Crippen LogP contribution in [0.15, 0.2) is 42.5 Å². The second-order valence-electron chi connectivity index (χ2n) is 4.88. The topological polar surface area (TPSA) is 29.1 Å². The van der Waals surface area contributed by atoms with Gasteiger partial charge in [-0.15, -0.1) is 0 Å². The van der Waals surface area contributed by atoms with Crippen molar-refractivity contribution in [3.8, 4) is 0 Å². The zero-order chi connectivity index (χ0) is 16.3. The summed E-state index contributed by atoms with van der Waals surface area (Å²) >= 11 is 0. The second-order valence-corrected chi connectivity index (χ2v) is 4.88. The van der Waals surface area contributed by atoms with E-state index in [1.807, 2.05) is 0 Å². The molecule has 0 aliphatic carbocycles. The van der Waals surface area contributed by atoms with Crippen molar-refractivity contribution in [2.75, 3.05) is 5.32 Å². The number of aryl methyl sites for hydroxylation is 1. The molecule has 6 heteroatoms. The zero-order valence-electron chi connectivity index (χ0n) is 11.7. The summed E-state index contributed by atoms with van der Waals surface area (Å²) in [5.74, 6) is -0.785. The van der Waals surface area contributed by atoms with Gasteiger partial charge in [0.05, 0.1) is 12.0 Å². The zero-order valence-corrected chi connectivity index (χ0v) is 11.7. The Labute approximate surface area is 124 Å². The monoisotopic (exact) mass is 311 g/mol. The molecule has 2 rings (SSSR count). The van der Waals surface area contributed by atoms with Gasteiger partial charge in [-0.2, -0.15) is 13.2 Å². The fourth-order valence-electron chi connectivity index (χ4n) is 1.96. The molecule has 1 amide bonds. The number of alkyl halides is 3. The summed E-state index contributed by atoms with van der Waals surface area (Å²) in [4.78, 5) is 11.9. The van der Waals surface area contributed by atoms with Crippen molar-refractivity contribution in [2.24, 2.45) is 0 Å². The van der Waals surface area contributed by atoms with Gasteiger partial charge in [-0.1, -0.05) is 12.1 Å². The van der Waals surface area contributed by atoms with Crippen molar-refractivity contribution < 1.29 is 22.4 Å². The van der Waals surface area contributed by atoms with Gasteiger partial charge in [0.15, 0.2) is 0 Å². The molecule has 0 aliphatic rings. The lowest BCUT2D eigenvalue weighted by Gasteiger charge is -2.10. The first kappa shape index (κ1) is 16.0. The highest BCUT2D eigenvalue weighted by Crippen LogP contribution is 2.29. The van der Waals surface area contributed by atoms with Crippen LogP contribution in [-0.2, 0) is 17.4 Å². The molecule has 0 radical (unpaired) electrons. The molecule has 2 aromatic carbocycles. The van der Waals surface area contributed by atoms with E-state index in [4.69, 9.17) is 0 Å². The smallest absolute Gasteiger partial charge is 0.326 e. The van der Waals surface area contributed by atoms with Crippen LogP contribution in [0.3, 0.4) is 0 Å². The largest absolute Gasteiger partial charge is 0.416 e. The summed E-state index contributed by atoms with van der Waals surface area (Å²) in [5.41, 5.74) is 0.746. The summed E-state index contributed by atoms with van der Waals surface area (Å²) in [5, 5.41) is 2.60. The SMILES string of the molecule is Cc1cc(F)ccc1NC(=O)Cc1ccc(C(F)(F)F)cc1. The van der Waals surface area contributed by atoms with Crippen molar-refractivity contribution in [3.05, 3.63) is 65.0 Å². The average Bonchev–Trinajstić information content (AvgIpc) is 2.41. The van der Waals surface area contributed by atoms with Gasteiger partial charge in [-0.05, 0) is 48.4 Å². The molecule has 0 bridgehead atoms. The molecule has 22 heavy (non-hydrogen) atoms. The number of carbonyl (C=O) groups excluding carboxylic acids is 1. The van der Waals surface area contributed by atoms with E-state index in [9.17, 15) is 22.4 Å². The Morgan fingerprint density at radius 1 is 1.09 bits per heavy atom. The number of nitrogens with one attached hydrogen (secondary N) is 1. The molecule has 0 aliphatic heterocycles. The first-order chi connectivity index (χ1) is 10.3. The van der Waals surface area contributed by atoms with Crippen LogP contribution in [0.1, 0.15) is 16.7 Å². The van der Waals surface area contributed by atoms with Gasteiger partial charge in [0, 0.05) is 5.69 Å². The van der Waals surface area contributed by atoms with Gasteiger partial charge in [0.1, 0.15) is 5.82 Å². The Kier molecular flexibility index (Phi) is 4.49. The normalized spacial score (nSPS) is 11.3. The summed E-state index contributed by atoms with van der Waals surface area (Å²) < 4.78 is 50.3. The van der Waals surface area contributed by atoms with Crippen molar-refractivity contribution in [2.45, 2.75) is 19.5 Å². The van der Waals surface area contributed by atoms with Crippen LogP contribution in [-0.4, -0.2) is 5.91 Å². The van der Waals surface area contributed by atoms with Crippen LogP contribution in [0.25, 0.3) is 0 Å². The fraction of sp³-hybridized carbons (Fsp3) is 0.188. The number of hydrogen-bond acceptors (Lipinski definition) is 1. The first-order valence-corrected chi connectivity index (χ1v) is 6.48. The van der Waals surface area contributed by atoms with Crippen LogP contribution in [0.4, 0.5) is 23.2 Å². The number of amides is 1. The molecule has 116 valence electrons. The highest BCUT2D eigenvalue weighted by molar-refractivity contribution is 5.92. The summed E-state index contributed by atoms with van der Waals surface area (Å²) in [6.45, 7) is 1.65. The molecule has 0 heterocycles. The van der Waals surface area contributed by atoms with Gasteiger partial charge < -0.3 is 5.32 Å². The second kappa shape index (κ2) is 6.17. The Hall–Kier alpha value is -2.37. The van der Waals surface area contributed by atoms with E-state index >= 15 is 0 Å². The predicted molar refractivity (Wildman–Crippen MR) is 74.9 cm³/mol. The molecule has 2 nitrogen and oxygen atoms in total. The van der Waals surface area contributed by atoms with E-state index in [1.165, 1.54) is 30.3 Å². The molecule has 0 saturated carbocycles. The average molecular weight is 311 g/mol. The molecule has 2 aromatic rings. The van der Waals surface area contributed by atoms with Crippen LogP contribution < -0.4 is 5.32 Å². The molecular weight excluding hydrogens is 298 g/mol. The lowest BCUT2D eigenvalue weighted by molar-refractivity contribution is -0.137. The highest BCUT2D eigenvalue weighted by atomic mass is 19.4. The predicted octanol–water partition coefficient (Wildman–Crippen LogP) is 4.33. The van der Waals surface area contributed by atoms with Gasteiger partial charge >= 0.3 is 6.18 Å². The Balaban J connectivity index is 2.03. The van der Waals surface area contributed by atoms with Gasteiger partial charge in [-0.3, -0.25) is 4.79 Å². The van der Waals surface area contributed by atoms with Gasteiger partial charge in [0.25, 0.3) is 0 Å². The van der Waals surface area contributed by atoms with Crippen LogP contribution >= 0.6 is 0 Å². The van der Waals surface area contributed by atoms with E-state index in [0.717, 1.165) is 12.1 Å². The third-order valence-electron chi connectivity index (χ3n) is 3.11.